The Morgan fingerprint density at radius 3 is 2.60 bits per heavy atom. The molecule has 4 rings (SSSR count). The summed E-state index contributed by atoms with van der Waals surface area (Å²) in [7, 11) is 2.09. The molecule has 2 heterocycles. The molecule has 10 heteroatoms. The van der Waals surface area contributed by atoms with Gasteiger partial charge in [-0.3, -0.25) is 9.69 Å². The van der Waals surface area contributed by atoms with Gasteiger partial charge in [0.05, 0.1) is 23.8 Å². The lowest BCUT2D eigenvalue weighted by atomic mass is 9.98. The highest BCUT2D eigenvalue weighted by Crippen LogP contribution is 2.35. The predicted octanol–water partition coefficient (Wildman–Crippen LogP) is 4.69. The van der Waals surface area contributed by atoms with E-state index >= 15 is 0 Å². The molecule has 35 heavy (non-hydrogen) atoms. The quantitative estimate of drug-likeness (QED) is 0.495. The largest absolute Gasteiger partial charge is 0.363 e. The molecule has 2 aliphatic rings. The van der Waals surface area contributed by atoms with Crippen molar-refractivity contribution in [3.63, 3.8) is 0 Å². The van der Waals surface area contributed by atoms with Crippen molar-refractivity contribution in [1.29, 1.82) is 0 Å². The minimum atomic E-state index is -2.89. The predicted molar refractivity (Wildman–Crippen MR) is 130 cm³/mol. The first-order valence-electron chi connectivity index (χ1n) is 12.0. The number of hydrogen-bond acceptors (Lipinski definition) is 6. The number of benzene rings is 1. The number of rotatable bonds is 9. The Hall–Kier alpha value is -2.23. The molecule has 6 nitrogen and oxygen atoms in total. The zero-order valence-corrected chi connectivity index (χ0v) is 20.8. The third kappa shape index (κ3) is 6.32. The summed E-state index contributed by atoms with van der Waals surface area (Å²) < 4.78 is 40.9. The fourth-order valence-electron chi connectivity index (χ4n) is 4.90. The zero-order chi connectivity index (χ0) is 25.1. The normalized spacial score (nSPS) is 19.7. The van der Waals surface area contributed by atoms with Crippen LogP contribution in [0.25, 0.3) is 0 Å². The van der Waals surface area contributed by atoms with Crippen molar-refractivity contribution in [1.82, 2.24) is 19.8 Å². The minimum absolute atomic E-state index is 0.0760. The summed E-state index contributed by atoms with van der Waals surface area (Å²) in [6.07, 6.45) is -0.252. The van der Waals surface area contributed by atoms with Gasteiger partial charge >= 0.3 is 0 Å². The summed E-state index contributed by atoms with van der Waals surface area (Å²) >= 11 is 6.15. The molecular formula is C25H31ClF3N5O. The van der Waals surface area contributed by atoms with Gasteiger partial charge in [-0.05, 0) is 50.8 Å². The SMILES string of the molecule is C[C@@H](Nc1nc(Cl)nc2c1CC(CCC(=O)CN1CCN(C)CC1)C2)c1cccc(C(F)F)c1F. The van der Waals surface area contributed by atoms with Crippen LogP contribution >= 0.6 is 11.6 Å². The van der Waals surface area contributed by atoms with Crippen molar-refractivity contribution >= 4 is 23.2 Å². The van der Waals surface area contributed by atoms with E-state index in [0.717, 1.165) is 49.9 Å². The second-order valence-corrected chi connectivity index (χ2v) is 9.95. The van der Waals surface area contributed by atoms with Crippen molar-refractivity contribution < 1.29 is 18.0 Å². The molecule has 2 aromatic rings. The summed E-state index contributed by atoms with van der Waals surface area (Å²) in [6, 6.07) is 3.39. The number of nitrogens with zero attached hydrogens (tertiary/aromatic N) is 4. The highest BCUT2D eigenvalue weighted by atomic mass is 35.5. The number of piperazine rings is 1. The van der Waals surface area contributed by atoms with E-state index < -0.39 is 23.8 Å². The summed E-state index contributed by atoms with van der Waals surface area (Å²) in [5.74, 6) is 0.0524. The average molecular weight is 510 g/mol. The van der Waals surface area contributed by atoms with Crippen LogP contribution in [0.1, 0.15) is 54.6 Å². The lowest BCUT2D eigenvalue weighted by molar-refractivity contribution is -0.120. The minimum Gasteiger partial charge on any atom is -0.363 e. The molecule has 0 amide bonds. The molecule has 1 saturated heterocycles. The maximum absolute atomic E-state index is 14.6. The van der Waals surface area contributed by atoms with Crippen LogP contribution in [0.15, 0.2) is 18.2 Å². The number of ketones is 1. The van der Waals surface area contributed by atoms with Gasteiger partial charge in [0.15, 0.2) is 0 Å². The van der Waals surface area contributed by atoms with Crippen LogP contribution in [0.5, 0.6) is 0 Å². The Labute approximate surface area is 208 Å². The van der Waals surface area contributed by atoms with Crippen molar-refractivity contribution in [2.75, 3.05) is 45.1 Å². The van der Waals surface area contributed by atoms with Crippen molar-refractivity contribution in [2.45, 2.75) is 45.1 Å². The molecule has 1 unspecified atom stereocenters. The number of halogens is 4. The highest BCUT2D eigenvalue weighted by molar-refractivity contribution is 6.28. The lowest BCUT2D eigenvalue weighted by Gasteiger charge is -2.31. The van der Waals surface area contributed by atoms with Gasteiger partial charge in [0.25, 0.3) is 6.43 Å². The van der Waals surface area contributed by atoms with Gasteiger partial charge in [0, 0.05) is 43.7 Å². The van der Waals surface area contributed by atoms with E-state index in [1.807, 2.05) is 0 Å². The number of hydrogen-bond donors (Lipinski definition) is 1. The standard InChI is InChI=1S/C25H31ClF3N5O/c1-15(18-4-3-5-19(22(18)27)23(28)29)30-24-20-12-16(13-21(20)31-25(26)32-24)6-7-17(35)14-34-10-8-33(2)9-11-34/h3-5,15-16,23H,6-14H2,1-2H3,(H,30,31,32)/t15-,16?/m1/s1. The maximum atomic E-state index is 14.6. The van der Waals surface area contributed by atoms with Crippen LogP contribution < -0.4 is 5.32 Å². The summed E-state index contributed by atoms with van der Waals surface area (Å²) in [5.41, 5.74) is 1.22. The number of anilines is 1. The number of fused-ring (bicyclic) bond motifs is 1. The Balaban J connectivity index is 1.38. The lowest BCUT2D eigenvalue weighted by Crippen LogP contribution is -2.46. The highest BCUT2D eigenvalue weighted by Gasteiger charge is 2.29. The van der Waals surface area contributed by atoms with E-state index in [9.17, 15) is 18.0 Å². The van der Waals surface area contributed by atoms with E-state index in [-0.39, 0.29) is 22.5 Å². The fourth-order valence-corrected chi connectivity index (χ4v) is 5.08. The first-order chi connectivity index (χ1) is 16.7. The molecule has 190 valence electrons. The topological polar surface area (TPSA) is 61.4 Å². The van der Waals surface area contributed by atoms with E-state index in [2.05, 4.69) is 32.1 Å². The third-order valence-corrected chi connectivity index (χ3v) is 7.15. The number of Topliss-reactive ketones (excluding diaryl/α,β-unsaturated/α-hetero) is 1. The van der Waals surface area contributed by atoms with Gasteiger partial charge in [-0.1, -0.05) is 18.2 Å². The Morgan fingerprint density at radius 2 is 1.89 bits per heavy atom. The molecule has 1 fully saturated rings. The van der Waals surface area contributed by atoms with Crippen LogP contribution in [0.4, 0.5) is 19.0 Å². The van der Waals surface area contributed by atoms with Crippen LogP contribution in [0, 0.1) is 11.7 Å². The second-order valence-electron chi connectivity index (χ2n) is 9.61. The summed E-state index contributed by atoms with van der Waals surface area (Å²) in [5, 5.41) is 3.23. The maximum Gasteiger partial charge on any atom is 0.266 e. The zero-order valence-electron chi connectivity index (χ0n) is 20.0. The Kier molecular flexibility index (Phi) is 8.29. The molecule has 2 atom stereocenters. The van der Waals surface area contributed by atoms with E-state index in [4.69, 9.17) is 11.6 Å². The smallest absolute Gasteiger partial charge is 0.266 e. The number of aromatic nitrogens is 2. The average Bonchev–Trinajstić information content (AvgIpc) is 3.22. The molecule has 0 radical (unpaired) electrons. The fraction of sp³-hybridized carbons (Fsp3) is 0.560. The molecule has 0 bridgehead atoms. The first-order valence-corrected chi connectivity index (χ1v) is 12.4. The van der Waals surface area contributed by atoms with Crippen LogP contribution in [-0.4, -0.2) is 65.3 Å². The summed E-state index contributed by atoms with van der Waals surface area (Å²) in [4.78, 5) is 25.7. The van der Waals surface area contributed by atoms with Gasteiger partial charge < -0.3 is 10.2 Å². The van der Waals surface area contributed by atoms with Gasteiger partial charge in [0.1, 0.15) is 17.4 Å². The van der Waals surface area contributed by atoms with Crippen molar-refractivity contribution in [3.8, 4) is 0 Å². The van der Waals surface area contributed by atoms with E-state index in [0.29, 0.717) is 31.6 Å². The van der Waals surface area contributed by atoms with Crippen molar-refractivity contribution in [2.24, 2.45) is 5.92 Å². The monoisotopic (exact) mass is 509 g/mol. The Bertz CT molecular complexity index is 1060. The van der Waals surface area contributed by atoms with E-state index in [1.165, 1.54) is 12.1 Å². The van der Waals surface area contributed by atoms with Gasteiger partial charge in [-0.2, -0.15) is 0 Å². The molecule has 1 aliphatic carbocycles. The molecule has 0 spiro atoms. The Morgan fingerprint density at radius 1 is 1.17 bits per heavy atom. The van der Waals surface area contributed by atoms with Gasteiger partial charge in [0.2, 0.25) is 5.28 Å². The molecule has 1 aromatic carbocycles. The molecule has 0 saturated carbocycles. The van der Waals surface area contributed by atoms with Gasteiger partial charge in [-0.15, -0.1) is 0 Å². The van der Waals surface area contributed by atoms with Crippen LogP contribution in [0.2, 0.25) is 5.28 Å². The van der Waals surface area contributed by atoms with Gasteiger partial charge in [-0.25, -0.2) is 23.1 Å². The molecule has 1 aromatic heterocycles. The third-order valence-electron chi connectivity index (χ3n) is 6.98. The van der Waals surface area contributed by atoms with E-state index in [1.54, 1.807) is 6.92 Å². The molecule has 1 N–H and O–H groups in total. The molecule has 1 aliphatic heterocycles. The van der Waals surface area contributed by atoms with Crippen molar-refractivity contribution in [3.05, 3.63) is 51.7 Å². The number of carbonyl (C=O) groups excluding carboxylic acids is 1. The second kappa shape index (κ2) is 11.2. The number of nitrogens with one attached hydrogen (secondary N) is 1. The van der Waals surface area contributed by atoms with Crippen LogP contribution in [0.3, 0.4) is 0 Å². The number of likely N-dealkylation sites (N-methyl/N-ethyl adjacent to an activating group) is 1. The molecular weight excluding hydrogens is 479 g/mol. The number of carbonyl (C=O) groups is 1. The summed E-state index contributed by atoms with van der Waals surface area (Å²) in [6.45, 7) is 5.98. The van der Waals surface area contributed by atoms with Crippen LogP contribution in [-0.2, 0) is 17.6 Å². The number of alkyl halides is 2. The first kappa shape index (κ1) is 25.9.